The molecule has 1 unspecified atom stereocenters. The predicted molar refractivity (Wildman–Crippen MR) is 84.5 cm³/mol. The Hall–Kier alpha value is -1.14. The fourth-order valence-electron chi connectivity index (χ4n) is 2.31. The minimum absolute atomic E-state index is 0.302. The number of hydrogen-bond acceptors (Lipinski definition) is 5. The maximum Gasteiger partial charge on any atom is 0.123 e. The molecule has 5 nitrogen and oxygen atoms in total. The highest BCUT2D eigenvalue weighted by molar-refractivity contribution is 5.37. The topological polar surface area (TPSA) is 57.0 Å². The normalized spacial score (nSPS) is 12.7. The highest BCUT2D eigenvalue weighted by atomic mass is 16.5. The summed E-state index contributed by atoms with van der Waals surface area (Å²) in [5.41, 5.74) is 7.98. The summed E-state index contributed by atoms with van der Waals surface area (Å²) in [6.45, 7) is 5.68. The second-order valence-electron chi connectivity index (χ2n) is 5.12. The lowest BCUT2D eigenvalue weighted by Crippen LogP contribution is -2.38. The summed E-state index contributed by atoms with van der Waals surface area (Å²) >= 11 is 0. The van der Waals surface area contributed by atoms with E-state index in [1.807, 2.05) is 12.1 Å². The number of methoxy groups -OCH3 is 3. The van der Waals surface area contributed by atoms with Crippen molar-refractivity contribution < 1.29 is 14.2 Å². The molecule has 0 aromatic heterocycles. The van der Waals surface area contributed by atoms with Crippen LogP contribution in [0.3, 0.4) is 0 Å². The second kappa shape index (κ2) is 9.73. The van der Waals surface area contributed by atoms with Gasteiger partial charge in [-0.15, -0.1) is 0 Å². The summed E-state index contributed by atoms with van der Waals surface area (Å²) in [6, 6.07) is 6.39. The first-order chi connectivity index (χ1) is 10.2. The first-order valence-electron chi connectivity index (χ1n) is 7.24. The fraction of sp³-hybridized carbons (Fsp3) is 0.625. The molecule has 0 spiro atoms. The van der Waals surface area contributed by atoms with Crippen molar-refractivity contribution in [3.63, 3.8) is 0 Å². The standard InChI is InChI=1S/C16H28N2O3/c1-13(12-20-3)18(7-8-19-2)11-15-9-14(10-17)5-6-16(15)21-4/h5-6,9,13H,7-8,10-12,17H2,1-4H3. The predicted octanol–water partition coefficient (Wildman–Crippen LogP) is 1.64. The number of nitrogens with zero attached hydrogens (tertiary/aromatic N) is 1. The number of nitrogens with two attached hydrogens (primary N) is 1. The van der Waals surface area contributed by atoms with Gasteiger partial charge in [0.2, 0.25) is 0 Å². The molecule has 0 heterocycles. The summed E-state index contributed by atoms with van der Waals surface area (Å²) in [4.78, 5) is 2.32. The monoisotopic (exact) mass is 296 g/mol. The first-order valence-corrected chi connectivity index (χ1v) is 7.24. The average Bonchev–Trinajstić information content (AvgIpc) is 2.51. The van der Waals surface area contributed by atoms with E-state index in [-0.39, 0.29) is 0 Å². The van der Waals surface area contributed by atoms with Crippen molar-refractivity contribution in [3.8, 4) is 5.75 Å². The van der Waals surface area contributed by atoms with Crippen molar-refractivity contribution in [1.29, 1.82) is 0 Å². The van der Waals surface area contributed by atoms with Gasteiger partial charge >= 0.3 is 0 Å². The van der Waals surface area contributed by atoms with Crippen LogP contribution in [0.2, 0.25) is 0 Å². The fourth-order valence-corrected chi connectivity index (χ4v) is 2.31. The van der Waals surface area contributed by atoms with Crippen LogP contribution in [-0.2, 0) is 22.6 Å². The van der Waals surface area contributed by atoms with Gasteiger partial charge in [0.05, 0.1) is 20.3 Å². The zero-order valence-corrected chi connectivity index (χ0v) is 13.6. The molecule has 0 aliphatic heterocycles. The second-order valence-corrected chi connectivity index (χ2v) is 5.12. The van der Waals surface area contributed by atoms with E-state index in [4.69, 9.17) is 19.9 Å². The van der Waals surface area contributed by atoms with E-state index < -0.39 is 0 Å². The van der Waals surface area contributed by atoms with E-state index in [2.05, 4.69) is 17.9 Å². The van der Waals surface area contributed by atoms with E-state index >= 15 is 0 Å². The van der Waals surface area contributed by atoms with Crippen molar-refractivity contribution in [3.05, 3.63) is 29.3 Å². The summed E-state index contributed by atoms with van der Waals surface area (Å²) in [6.07, 6.45) is 0. The third kappa shape index (κ3) is 5.63. The Kier molecular flexibility index (Phi) is 8.30. The van der Waals surface area contributed by atoms with Crippen molar-refractivity contribution in [1.82, 2.24) is 4.90 Å². The molecule has 0 amide bonds. The van der Waals surface area contributed by atoms with E-state index in [0.29, 0.717) is 25.8 Å². The molecule has 0 saturated heterocycles. The largest absolute Gasteiger partial charge is 0.496 e. The summed E-state index contributed by atoms with van der Waals surface area (Å²) in [5.74, 6) is 0.888. The van der Waals surface area contributed by atoms with Gasteiger partial charge in [-0.25, -0.2) is 0 Å². The lowest BCUT2D eigenvalue weighted by atomic mass is 10.1. The molecule has 0 aliphatic rings. The molecule has 5 heteroatoms. The van der Waals surface area contributed by atoms with Crippen LogP contribution in [0.5, 0.6) is 5.75 Å². The maximum absolute atomic E-state index is 5.73. The Morgan fingerprint density at radius 3 is 2.52 bits per heavy atom. The average molecular weight is 296 g/mol. The van der Waals surface area contributed by atoms with Crippen LogP contribution < -0.4 is 10.5 Å². The van der Waals surface area contributed by atoms with Crippen molar-refractivity contribution in [2.45, 2.75) is 26.1 Å². The smallest absolute Gasteiger partial charge is 0.123 e. The molecule has 1 atom stereocenters. The molecule has 0 aliphatic carbocycles. The molecule has 0 bridgehead atoms. The van der Waals surface area contributed by atoms with Gasteiger partial charge in [0, 0.05) is 45.5 Å². The highest BCUT2D eigenvalue weighted by Gasteiger charge is 2.16. The van der Waals surface area contributed by atoms with Gasteiger partial charge in [-0.2, -0.15) is 0 Å². The van der Waals surface area contributed by atoms with Gasteiger partial charge in [-0.1, -0.05) is 6.07 Å². The molecule has 0 fully saturated rings. The summed E-state index contributed by atoms with van der Waals surface area (Å²) in [5, 5.41) is 0. The van der Waals surface area contributed by atoms with Gasteiger partial charge in [-0.05, 0) is 24.6 Å². The third-order valence-electron chi connectivity index (χ3n) is 3.57. The molecule has 1 aromatic rings. The third-order valence-corrected chi connectivity index (χ3v) is 3.57. The molecule has 0 saturated carbocycles. The molecular formula is C16H28N2O3. The van der Waals surface area contributed by atoms with Crippen molar-refractivity contribution in [2.24, 2.45) is 5.73 Å². The van der Waals surface area contributed by atoms with E-state index in [1.165, 1.54) is 0 Å². The maximum atomic E-state index is 5.73. The lowest BCUT2D eigenvalue weighted by Gasteiger charge is -2.29. The SMILES string of the molecule is COCCN(Cc1cc(CN)ccc1OC)C(C)COC. The Labute approximate surface area is 128 Å². The molecule has 120 valence electrons. The summed E-state index contributed by atoms with van der Waals surface area (Å²) < 4.78 is 15.9. The van der Waals surface area contributed by atoms with Crippen molar-refractivity contribution in [2.75, 3.05) is 41.1 Å². The number of rotatable bonds is 10. The van der Waals surface area contributed by atoms with Crippen LogP contribution in [0.15, 0.2) is 18.2 Å². The van der Waals surface area contributed by atoms with E-state index in [1.54, 1.807) is 21.3 Å². The zero-order chi connectivity index (χ0) is 15.7. The number of hydrogen-bond donors (Lipinski definition) is 1. The van der Waals surface area contributed by atoms with Crippen LogP contribution in [0.25, 0.3) is 0 Å². The van der Waals surface area contributed by atoms with Gasteiger partial charge in [0.1, 0.15) is 5.75 Å². The van der Waals surface area contributed by atoms with Crippen LogP contribution in [0.4, 0.5) is 0 Å². The molecule has 1 rings (SSSR count). The zero-order valence-electron chi connectivity index (χ0n) is 13.6. The van der Waals surface area contributed by atoms with Crippen LogP contribution >= 0.6 is 0 Å². The van der Waals surface area contributed by atoms with Gasteiger partial charge in [-0.3, -0.25) is 4.90 Å². The van der Waals surface area contributed by atoms with E-state index in [0.717, 1.165) is 30.0 Å². The number of ether oxygens (including phenoxy) is 3. The Bertz CT molecular complexity index is 413. The van der Waals surface area contributed by atoms with E-state index in [9.17, 15) is 0 Å². The Balaban J connectivity index is 2.89. The molecule has 2 N–H and O–H groups in total. The summed E-state index contributed by atoms with van der Waals surface area (Å²) in [7, 11) is 5.13. The van der Waals surface area contributed by atoms with Gasteiger partial charge in [0.15, 0.2) is 0 Å². The molecule has 21 heavy (non-hydrogen) atoms. The number of benzene rings is 1. The van der Waals surface area contributed by atoms with Crippen LogP contribution in [-0.4, -0.2) is 52.0 Å². The molecular weight excluding hydrogens is 268 g/mol. The van der Waals surface area contributed by atoms with Crippen LogP contribution in [0.1, 0.15) is 18.1 Å². The van der Waals surface area contributed by atoms with Crippen molar-refractivity contribution >= 4 is 0 Å². The quantitative estimate of drug-likeness (QED) is 0.711. The molecule has 1 aromatic carbocycles. The molecule has 0 radical (unpaired) electrons. The first kappa shape index (κ1) is 17.9. The Morgan fingerprint density at radius 2 is 1.95 bits per heavy atom. The van der Waals surface area contributed by atoms with Gasteiger partial charge in [0.25, 0.3) is 0 Å². The highest BCUT2D eigenvalue weighted by Crippen LogP contribution is 2.22. The van der Waals surface area contributed by atoms with Crippen LogP contribution in [0, 0.1) is 0 Å². The van der Waals surface area contributed by atoms with Gasteiger partial charge < -0.3 is 19.9 Å². The lowest BCUT2D eigenvalue weighted by molar-refractivity contribution is 0.0700. The minimum Gasteiger partial charge on any atom is -0.496 e. The minimum atomic E-state index is 0.302. The Morgan fingerprint density at radius 1 is 1.19 bits per heavy atom.